The van der Waals surface area contributed by atoms with Crippen molar-refractivity contribution in [3.05, 3.63) is 29.8 Å². The van der Waals surface area contributed by atoms with Crippen molar-refractivity contribution < 1.29 is 9.59 Å². The van der Waals surface area contributed by atoms with Crippen molar-refractivity contribution >= 4 is 17.4 Å². The Kier molecular flexibility index (Phi) is 6.12. The first-order chi connectivity index (χ1) is 8.58. The van der Waals surface area contributed by atoms with Crippen LogP contribution >= 0.6 is 0 Å². The van der Waals surface area contributed by atoms with Crippen molar-refractivity contribution in [3.8, 4) is 0 Å². The molecule has 0 spiro atoms. The number of carbonyl (C=O) groups excluding carboxylic acids is 2. The van der Waals surface area contributed by atoms with Crippen molar-refractivity contribution in [2.75, 3.05) is 5.32 Å². The van der Waals surface area contributed by atoms with Gasteiger partial charge in [-0.1, -0.05) is 24.1 Å². The Morgan fingerprint density at radius 2 is 1.61 bits per heavy atom. The van der Waals surface area contributed by atoms with E-state index in [1.165, 1.54) is 5.56 Å². The third-order valence-corrected chi connectivity index (χ3v) is 2.77. The van der Waals surface area contributed by atoms with E-state index in [1.54, 1.807) is 6.92 Å². The molecule has 0 atom stereocenters. The molecule has 0 unspecified atom stereocenters. The number of benzene rings is 1. The number of unbranched alkanes of at least 4 members (excludes halogenated alkanes) is 2. The van der Waals surface area contributed by atoms with Gasteiger partial charge < -0.3 is 10.1 Å². The van der Waals surface area contributed by atoms with Crippen molar-refractivity contribution in [2.45, 2.75) is 46.0 Å². The number of Topliss-reactive ketones (excluding diaryl/α,β-unsaturated/α-hetero) is 1. The molecule has 0 aliphatic heterocycles. The number of carbonyl (C=O) groups is 2. The smallest absolute Gasteiger partial charge is 0.224 e. The minimum atomic E-state index is 0.0432. The lowest BCUT2D eigenvalue weighted by molar-refractivity contribution is -0.117. The fraction of sp³-hybridized carbons (Fsp3) is 0.467. The molecule has 3 nitrogen and oxygen atoms in total. The molecule has 1 aromatic rings. The van der Waals surface area contributed by atoms with Gasteiger partial charge in [0.05, 0.1) is 0 Å². The normalized spacial score (nSPS) is 10.1. The molecule has 98 valence electrons. The summed E-state index contributed by atoms with van der Waals surface area (Å²) < 4.78 is 0. The van der Waals surface area contributed by atoms with Gasteiger partial charge in [0.2, 0.25) is 5.91 Å². The zero-order valence-electron chi connectivity index (χ0n) is 11.2. The Balaban J connectivity index is 2.17. The SMILES string of the molecule is CC(=O)CCCCCC(=O)Nc1ccc(C)cc1. The molecule has 0 saturated carbocycles. The second-order valence-electron chi connectivity index (χ2n) is 4.68. The molecule has 0 saturated heterocycles. The minimum absolute atomic E-state index is 0.0432. The van der Waals surface area contributed by atoms with Gasteiger partial charge in [-0.05, 0) is 38.8 Å². The molecule has 1 aromatic carbocycles. The molecule has 1 amide bonds. The highest BCUT2D eigenvalue weighted by molar-refractivity contribution is 5.90. The van der Waals surface area contributed by atoms with E-state index in [0.717, 1.165) is 24.9 Å². The maximum atomic E-state index is 11.6. The van der Waals surface area contributed by atoms with Crippen LogP contribution in [0.2, 0.25) is 0 Å². The van der Waals surface area contributed by atoms with Gasteiger partial charge >= 0.3 is 0 Å². The standard InChI is InChI=1S/C15H21NO2/c1-12-8-10-14(11-9-12)16-15(18)7-5-3-4-6-13(2)17/h8-11H,3-7H2,1-2H3,(H,16,18). The summed E-state index contributed by atoms with van der Waals surface area (Å²) in [5.41, 5.74) is 2.02. The second kappa shape index (κ2) is 7.64. The zero-order chi connectivity index (χ0) is 13.4. The molecule has 0 aromatic heterocycles. The van der Waals surface area contributed by atoms with E-state index in [1.807, 2.05) is 31.2 Å². The summed E-state index contributed by atoms with van der Waals surface area (Å²) in [6.07, 6.45) is 3.80. The first-order valence-electron chi connectivity index (χ1n) is 6.44. The zero-order valence-corrected chi connectivity index (χ0v) is 11.2. The molecular weight excluding hydrogens is 226 g/mol. The number of ketones is 1. The number of hydrogen-bond acceptors (Lipinski definition) is 2. The van der Waals surface area contributed by atoms with E-state index in [0.29, 0.717) is 12.8 Å². The third-order valence-electron chi connectivity index (χ3n) is 2.77. The fourth-order valence-electron chi connectivity index (χ4n) is 1.70. The highest BCUT2D eigenvalue weighted by Gasteiger charge is 2.02. The summed E-state index contributed by atoms with van der Waals surface area (Å²) in [6.45, 7) is 3.62. The largest absolute Gasteiger partial charge is 0.326 e. The van der Waals surface area contributed by atoms with E-state index < -0.39 is 0 Å². The molecule has 0 aliphatic carbocycles. The van der Waals surface area contributed by atoms with Crippen molar-refractivity contribution in [1.82, 2.24) is 0 Å². The number of nitrogens with one attached hydrogen (secondary N) is 1. The summed E-state index contributed by atoms with van der Waals surface area (Å²) in [7, 11) is 0. The average molecular weight is 247 g/mol. The summed E-state index contributed by atoms with van der Waals surface area (Å²) in [6, 6.07) is 7.76. The molecule has 1 N–H and O–H groups in total. The number of hydrogen-bond donors (Lipinski definition) is 1. The van der Waals surface area contributed by atoms with E-state index in [-0.39, 0.29) is 11.7 Å². The lowest BCUT2D eigenvalue weighted by Crippen LogP contribution is -2.10. The van der Waals surface area contributed by atoms with Crippen LogP contribution in [0.3, 0.4) is 0 Å². The van der Waals surface area contributed by atoms with Gasteiger partial charge in [0.25, 0.3) is 0 Å². The molecule has 0 aliphatic rings. The van der Waals surface area contributed by atoms with Gasteiger partial charge in [-0.3, -0.25) is 4.79 Å². The molecule has 0 radical (unpaired) electrons. The average Bonchev–Trinajstić information content (AvgIpc) is 2.31. The first-order valence-corrected chi connectivity index (χ1v) is 6.44. The molecule has 0 fully saturated rings. The van der Waals surface area contributed by atoms with Crippen LogP contribution in [0.15, 0.2) is 24.3 Å². The van der Waals surface area contributed by atoms with E-state index in [9.17, 15) is 9.59 Å². The van der Waals surface area contributed by atoms with Crippen LogP contribution in [0.4, 0.5) is 5.69 Å². The van der Waals surface area contributed by atoms with E-state index >= 15 is 0 Å². The van der Waals surface area contributed by atoms with Crippen molar-refractivity contribution in [3.63, 3.8) is 0 Å². The number of amides is 1. The van der Waals surface area contributed by atoms with Crippen LogP contribution in [-0.2, 0) is 9.59 Å². The van der Waals surface area contributed by atoms with Gasteiger partial charge in [-0.2, -0.15) is 0 Å². The maximum absolute atomic E-state index is 11.6. The molecular formula is C15H21NO2. The quantitative estimate of drug-likeness (QED) is 0.750. The molecule has 1 rings (SSSR count). The van der Waals surface area contributed by atoms with Gasteiger partial charge in [0, 0.05) is 18.5 Å². The molecule has 18 heavy (non-hydrogen) atoms. The molecule has 0 heterocycles. The molecule has 0 bridgehead atoms. The highest BCUT2D eigenvalue weighted by atomic mass is 16.1. The molecule has 3 heteroatoms. The van der Waals surface area contributed by atoms with Gasteiger partial charge in [-0.25, -0.2) is 0 Å². The van der Waals surface area contributed by atoms with Gasteiger partial charge in [0.15, 0.2) is 0 Å². The van der Waals surface area contributed by atoms with Crippen LogP contribution in [-0.4, -0.2) is 11.7 Å². The van der Waals surface area contributed by atoms with Crippen molar-refractivity contribution in [1.29, 1.82) is 0 Å². The van der Waals surface area contributed by atoms with Crippen LogP contribution in [0.25, 0.3) is 0 Å². The van der Waals surface area contributed by atoms with Crippen LogP contribution in [0.1, 0.15) is 44.6 Å². The maximum Gasteiger partial charge on any atom is 0.224 e. The Morgan fingerprint density at radius 1 is 1.00 bits per heavy atom. The summed E-state index contributed by atoms with van der Waals surface area (Å²) in [4.78, 5) is 22.3. The monoisotopic (exact) mass is 247 g/mol. The minimum Gasteiger partial charge on any atom is -0.326 e. The van der Waals surface area contributed by atoms with Crippen LogP contribution in [0, 0.1) is 6.92 Å². The lowest BCUT2D eigenvalue weighted by atomic mass is 10.1. The first kappa shape index (κ1) is 14.4. The Morgan fingerprint density at radius 3 is 2.22 bits per heavy atom. The van der Waals surface area contributed by atoms with Gasteiger partial charge in [-0.15, -0.1) is 0 Å². The second-order valence-corrected chi connectivity index (χ2v) is 4.68. The van der Waals surface area contributed by atoms with Crippen LogP contribution < -0.4 is 5.32 Å². The third kappa shape index (κ3) is 6.18. The van der Waals surface area contributed by atoms with E-state index in [4.69, 9.17) is 0 Å². The number of anilines is 1. The van der Waals surface area contributed by atoms with E-state index in [2.05, 4.69) is 5.32 Å². The van der Waals surface area contributed by atoms with Crippen LogP contribution in [0.5, 0.6) is 0 Å². The van der Waals surface area contributed by atoms with Crippen molar-refractivity contribution in [2.24, 2.45) is 0 Å². The number of rotatable bonds is 7. The summed E-state index contributed by atoms with van der Waals surface area (Å²) in [5.74, 6) is 0.265. The number of aryl methyl sites for hydroxylation is 1. The predicted octanol–water partition coefficient (Wildman–Crippen LogP) is 3.47. The Hall–Kier alpha value is -1.64. The van der Waals surface area contributed by atoms with Gasteiger partial charge in [0.1, 0.15) is 5.78 Å². The summed E-state index contributed by atoms with van der Waals surface area (Å²) >= 11 is 0. The Labute approximate surface area is 109 Å². The lowest BCUT2D eigenvalue weighted by Gasteiger charge is -2.05. The predicted molar refractivity (Wildman–Crippen MR) is 73.6 cm³/mol. The topological polar surface area (TPSA) is 46.2 Å². The summed E-state index contributed by atoms with van der Waals surface area (Å²) in [5, 5.41) is 2.86. The Bertz CT molecular complexity index is 395. The highest BCUT2D eigenvalue weighted by Crippen LogP contribution is 2.10. The fourth-order valence-corrected chi connectivity index (χ4v) is 1.70.